The Kier molecular flexibility index (Phi) is 5.04. The van der Waals surface area contributed by atoms with Crippen LogP contribution in [0.2, 0.25) is 0 Å². The van der Waals surface area contributed by atoms with E-state index in [1.165, 1.54) is 0 Å². The van der Waals surface area contributed by atoms with Crippen LogP contribution < -0.4 is 14.8 Å². The van der Waals surface area contributed by atoms with E-state index >= 15 is 0 Å². The third-order valence-electron chi connectivity index (χ3n) is 5.87. The first-order valence-corrected chi connectivity index (χ1v) is 10.7. The maximum Gasteiger partial charge on any atom is 0.412 e. The minimum Gasteiger partial charge on any atom is -0.486 e. The Bertz CT molecular complexity index is 1160. The molecular formula is C22H21N5O6. The summed E-state index contributed by atoms with van der Waals surface area (Å²) in [5, 5.41) is 15.0. The van der Waals surface area contributed by atoms with Gasteiger partial charge in [0.1, 0.15) is 31.5 Å². The van der Waals surface area contributed by atoms with Gasteiger partial charge in [0.25, 0.3) is 0 Å². The van der Waals surface area contributed by atoms with Gasteiger partial charge in [-0.1, -0.05) is 18.2 Å². The van der Waals surface area contributed by atoms with Gasteiger partial charge < -0.3 is 23.7 Å². The van der Waals surface area contributed by atoms with Crippen molar-refractivity contribution in [1.82, 2.24) is 20.2 Å². The van der Waals surface area contributed by atoms with Gasteiger partial charge in [0.15, 0.2) is 23.4 Å². The zero-order valence-corrected chi connectivity index (χ0v) is 17.5. The third-order valence-corrected chi connectivity index (χ3v) is 5.87. The second-order valence-electron chi connectivity index (χ2n) is 7.90. The normalized spacial score (nSPS) is 25.5. The molecule has 1 N–H and O–H groups in total. The monoisotopic (exact) mass is 451 g/mol. The van der Waals surface area contributed by atoms with Gasteiger partial charge in [0.05, 0.1) is 13.2 Å². The first kappa shape index (κ1) is 19.9. The number of aromatic nitrogens is 4. The number of tetrazole rings is 1. The Morgan fingerprint density at radius 1 is 1.00 bits per heavy atom. The number of anilines is 1. The molecule has 3 aromatic rings. The van der Waals surface area contributed by atoms with Crippen molar-refractivity contribution in [2.75, 3.05) is 31.7 Å². The number of benzene rings is 2. The molecule has 2 fully saturated rings. The standard InChI is InChI=1S/C22H21N5O6/c28-22(23-14-4-2-1-3-5-14)33-18-12-32-19-15(11-31-20(18)19)27-21(24-25-26-27)13-6-7-16-17(10-13)30-9-8-29-16/h1-7,10,15,18-20H,8-9,11-12H2,(H,23,28)/t15-,18-,19-,20+/m0/s1. The Hall–Kier alpha value is -3.70. The number of nitrogens with zero attached hydrogens (tertiary/aromatic N) is 4. The summed E-state index contributed by atoms with van der Waals surface area (Å²) in [6.07, 6.45) is -1.84. The molecule has 11 nitrogen and oxygen atoms in total. The summed E-state index contributed by atoms with van der Waals surface area (Å²) in [5.41, 5.74) is 1.45. The molecule has 0 saturated carbocycles. The van der Waals surface area contributed by atoms with E-state index in [4.69, 9.17) is 23.7 Å². The lowest BCUT2D eigenvalue weighted by molar-refractivity contribution is 0.00774. The van der Waals surface area contributed by atoms with E-state index in [1.54, 1.807) is 16.8 Å². The van der Waals surface area contributed by atoms with Gasteiger partial charge in [-0.25, -0.2) is 9.48 Å². The number of para-hydroxylation sites is 1. The molecule has 3 aliphatic rings. The molecule has 1 aromatic heterocycles. The zero-order valence-electron chi connectivity index (χ0n) is 17.5. The molecule has 4 heterocycles. The number of carbonyl (C=O) groups excluding carboxylic acids is 1. The fourth-order valence-electron chi connectivity index (χ4n) is 4.35. The van der Waals surface area contributed by atoms with Crippen LogP contribution in [0.15, 0.2) is 48.5 Å². The summed E-state index contributed by atoms with van der Waals surface area (Å²) in [6, 6.07) is 14.4. The van der Waals surface area contributed by atoms with Crippen molar-refractivity contribution in [3.05, 3.63) is 48.5 Å². The second kappa shape index (κ2) is 8.34. The molecule has 0 spiro atoms. The van der Waals surface area contributed by atoms with Gasteiger partial charge in [0.2, 0.25) is 0 Å². The van der Waals surface area contributed by atoms with Gasteiger partial charge in [-0.2, -0.15) is 0 Å². The predicted octanol–water partition coefficient (Wildman–Crippen LogP) is 2.07. The molecule has 6 rings (SSSR count). The van der Waals surface area contributed by atoms with E-state index in [2.05, 4.69) is 20.8 Å². The van der Waals surface area contributed by atoms with E-state index in [-0.39, 0.29) is 18.8 Å². The Labute approximate surface area is 188 Å². The summed E-state index contributed by atoms with van der Waals surface area (Å²) in [7, 11) is 0. The summed E-state index contributed by atoms with van der Waals surface area (Å²) in [5.74, 6) is 1.92. The van der Waals surface area contributed by atoms with E-state index in [0.29, 0.717) is 42.8 Å². The second-order valence-corrected chi connectivity index (χ2v) is 7.90. The highest BCUT2D eigenvalue weighted by Gasteiger charge is 2.51. The number of ether oxygens (including phenoxy) is 5. The summed E-state index contributed by atoms with van der Waals surface area (Å²) in [4.78, 5) is 12.3. The number of fused-ring (bicyclic) bond motifs is 2. The van der Waals surface area contributed by atoms with Crippen molar-refractivity contribution in [3.8, 4) is 22.9 Å². The summed E-state index contributed by atoms with van der Waals surface area (Å²) >= 11 is 0. The van der Waals surface area contributed by atoms with Gasteiger partial charge >= 0.3 is 6.09 Å². The van der Waals surface area contributed by atoms with Crippen molar-refractivity contribution in [2.45, 2.75) is 24.4 Å². The van der Waals surface area contributed by atoms with Crippen molar-refractivity contribution in [1.29, 1.82) is 0 Å². The summed E-state index contributed by atoms with van der Waals surface area (Å²) < 4.78 is 30.5. The minimum atomic E-state index is -0.554. The molecule has 0 aliphatic carbocycles. The van der Waals surface area contributed by atoms with Gasteiger partial charge in [-0.3, -0.25) is 5.32 Å². The molecule has 11 heteroatoms. The quantitative estimate of drug-likeness (QED) is 0.636. The predicted molar refractivity (Wildman–Crippen MR) is 113 cm³/mol. The first-order chi connectivity index (χ1) is 16.3. The van der Waals surface area contributed by atoms with Crippen molar-refractivity contribution in [3.63, 3.8) is 0 Å². The fraction of sp³-hybridized carbons (Fsp3) is 0.364. The van der Waals surface area contributed by atoms with E-state index in [1.807, 2.05) is 36.4 Å². The minimum absolute atomic E-state index is 0.232. The van der Waals surface area contributed by atoms with Gasteiger partial charge in [-0.05, 0) is 40.8 Å². The molecule has 170 valence electrons. The van der Waals surface area contributed by atoms with Gasteiger partial charge in [0, 0.05) is 11.3 Å². The highest BCUT2D eigenvalue weighted by molar-refractivity contribution is 5.84. The van der Waals surface area contributed by atoms with Crippen molar-refractivity contribution >= 4 is 11.8 Å². The lowest BCUT2D eigenvalue weighted by Crippen LogP contribution is -2.35. The maximum absolute atomic E-state index is 12.3. The van der Waals surface area contributed by atoms with Crippen LogP contribution in [0.4, 0.5) is 10.5 Å². The lowest BCUT2D eigenvalue weighted by Gasteiger charge is -2.20. The van der Waals surface area contributed by atoms with Crippen LogP contribution >= 0.6 is 0 Å². The molecule has 0 unspecified atom stereocenters. The molecule has 2 saturated heterocycles. The average Bonchev–Trinajstić information content (AvgIpc) is 3.57. The number of hydrogen-bond donors (Lipinski definition) is 1. The lowest BCUT2D eigenvalue weighted by atomic mass is 10.1. The van der Waals surface area contributed by atoms with E-state index in [0.717, 1.165) is 5.56 Å². The third kappa shape index (κ3) is 3.74. The molecule has 4 atom stereocenters. The topological polar surface area (TPSA) is 119 Å². The molecule has 0 radical (unpaired) electrons. The van der Waals surface area contributed by atoms with E-state index < -0.39 is 18.3 Å². The van der Waals surface area contributed by atoms with Crippen LogP contribution in [0.3, 0.4) is 0 Å². The van der Waals surface area contributed by atoms with Crippen LogP contribution in [0.5, 0.6) is 11.5 Å². The number of hydrogen-bond acceptors (Lipinski definition) is 9. The molecular weight excluding hydrogens is 430 g/mol. The fourth-order valence-corrected chi connectivity index (χ4v) is 4.35. The SMILES string of the molecule is O=C(Nc1ccccc1)O[C@H]1CO[C@@H]2[C@@H]1OC[C@@H]2n1nnnc1-c1ccc2c(c1)OCCO2. The van der Waals surface area contributed by atoms with E-state index in [9.17, 15) is 4.79 Å². The largest absolute Gasteiger partial charge is 0.486 e. The Balaban J connectivity index is 1.17. The molecule has 2 aromatic carbocycles. The highest BCUT2D eigenvalue weighted by atomic mass is 16.6. The average molecular weight is 451 g/mol. The van der Waals surface area contributed by atoms with Crippen LogP contribution in [0, 0.1) is 0 Å². The maximum atomic E-state index is 12.3. The smallest absolute Gasteiger partial charge is 0.412 e. The Morgan fingerprint density at radius 3 is 2.70 bits per heavy atom. The van der Waals surface area contributed by atoms with Crippen molar-refractivity contribution < 1.29 is 28.5 Å². The molecule has 1 amide bonds. The summed E-state index contributed by atoms with van der Waals surface area (Å²) in [6.45, 7) is 1.58. The number of nitrogens with one attached hydrogen (secondary N) is 1. The highest BCUT2D eigenvalue weighted by Crippen LogP contribution is 2.38. The number of rotatable bonds is 4. The van der Waals surface area contributed by atoms with Gasteiger partial charge in [-0.15, -0.1) is 5.10 Å². The van der Waals surface area contributed by atoms with Crippen molar-refractivity contribution in [2.24, 2.45) is 0 Å². The number of amides is 1. The Morgan fingerprint density at radius 2 is 1.82 bits per heavy atom. The van der Waals surface area contributed by atoms with Crippen LogP contribution in [-0.2, 0) is 14.2 Å². The number of carbonyl (C=O) groups is 1. The zero-order chi connectivity index (χ0) is 22.2. The first-order valence-electron chi connectivity index (χ1n) is 10.7. The van der Waals surface area contributed by atoms with Crippen LogP contribution in [0.1, 0.15) is 6.04 Å². The molecule has 3 aliphatic heterocycles. The molecule has 33 heavy (non-hydrogen) atoms. The molecule has 0 bridgehead atoms. The van der Waals surface area contributed by atoms with Crippen LogP contribution in [0.25, 0.3) is 11.4 Å². The van der Waals surface area contributed by atoms with Crippen LogP contribution in [-0.4, -0.2) is 71.0 Å².